The number of nitrogens with one attached hydrogen (secondary N) is 1. The predicted molar refractivity (Wildman–Crippen MR) is 53.3 cm³/mol. The molecule has 0 aromatic rings. The summed E-state index contributed by atoms with van der Waals surface area (Å²) in [5.74, 6) is 0. The Labute approximate surface area is 85.1 Å². The molecule has 3 saturated heterocycles. The topological polar surface area (TPSA) is 30.5 Å². The first-order valence-corrected chi connectivity index (χ1v) is 5.93. The Morgan fingerprint density at radius 2 is 2.21 bits per heavy atom. The van der Waals surface area contributed by atoms with E-state index >= 15 is 0 Å². The standard InChI is InChI=1S/C11H19NO2/c1-2-9(7-12-5-1)14-11-6-8-3-4-10(11)13-8/h8-12H,1-7H2. The first-order valence-electron chi connectivity index (χ1n) is 5.93. The van der Waals surface area contributed by atoms with Crippen LogP contribution in [0.5, 0.6) is 0 Å². The molecular formula is C11H19NO2. The zero-order chi connectivity index (χ0) is 9.38. The van der Waals surface area contributed by atoms with Gasteiger partial charge < -0.3 is 14.8 Å². The summed E-state index contributed by atoms with van der Waals surface area (Å²) >= 11 is 0. The molecule has 4 unspecified atom stereocenters. The zero-order valence-corrected chi connectivity index (χ0v) is 8.58. The van der Waals surface area contributed by atoms with Gasteiger partial charge in [0.05, 0.1) is 24.4 Å². The highest BCUT2D eigenvalue weighted by molar-refractivity contribution is 4.91. The predicted octanol–water partition coefficient (Wildman–Crippen LogP) is 1.07. The SMILES string of the molecule is C1CNCC(OC2CC3CCC2O3)C1. The van der Waals surface area contributed by atoms with Gasteiger partial charge in [0.2, 0.25) is 0 Å². The van der Waals surface area contributed by atoms with Crippen molar-refractivity contribution in [3.63, 3.8) is 0 Å². The summed E-state index contributed by atoms with van der Waals surface area (Å²) in [5.41, 5.74) is 0. The van der Waals surface area contributed by atoms with Crippen molar-refractivity contribution in [3.05, 3.63) is 0 Å². The van der Waals surface area contributed by atoms with E-state index in [9.17, 15) is 0 Å². The Morgan fingerprint density at radius 1 is 1.21 bits per heavy atom. The number of rotatable bonds is 2. The Morgan fingerprint density at radius 3 is 2.86 bits per heavy atom. The largest absolute Gasteiger partial charge is 0.372 e. The summed E-state index contributed by atoms with van der Waals surface area (Å²) in [7, 11) is 0. The summed E-state index contributed by atoms with van der Waals surface area (Å²) in [4.78, 5) is 0. The van der Waals surface area contributed by atoms with E-state index in [1.54, 1.807) is 0 Å². The molecule has 14 heavy (non-hydrogen) atoms. The van der Waals surface area contributed by atoms with Crippen molar-refractivity contribution in [2.75, 3.05) is 13.1 Å². The first kappa shape index (κ1) is 9.13. The molecule has 0 amide bonds. The summed E-state index contributed by atoms with van der Waals surface area (Å²) in [6.07, 6.45) is 7.87. The highest BCUT2D eigenvalue weighted by Gasteiger charge is 2.42. The maximum absolute atomic E-state index is 6.10. The van der Waals surface area contributed by atoms with Crippen LogP contribution in [0.3, 0.4) is 0 Å². The van der Waals surface area contributed by atoms with Crippen molar-refractivity contribution < 1.29 is 9.47 Å². The average Bonchev–Trinajstić information content (AvgIpc) is 2.81. The molecule has 0 radical (unpaired) electrons. The van der Waals surface area contributed by atoms with Gasteiger partial charge in [0.25, 0.3) is 0 Å². The van der Waals surface area contributed by atoms with E-state index in [0.29, 0.717) is 24.4 Å². The molecule has 2 bridgehead atoms. The van der Waals surface area contributed by atoms with E-state index in [-0.39, 0.29) is 0 Å². The third-order valence-corrected chi connectivity index (χ3v) is 3.67. The van der Waals surface area contributed by atoms with Crippen LogP contribution in [-0.4, -0.2) is 37.5 Å². The molecule has 0 aromatic heterocycles. The smallest absolute Gasteiger partial charge is 0.0865 e. The minimum Gasteiger partial charge on any atom is -0.372 e. The van der Waals surface area contributed by atoms with Gasteiger partial charge in [0.1, 0.15) is 0 Å². The van der Waals surface area contributed by atoms with Crippen LogP contribution in [0.2, 0.25) is 0 Å². The van der Waals surface area contributed by atoms with Crippen LogP contribution in [0.25, 0.3) is 0 Å². The summed E-state index contributed by atoms with van der Waals surface area (Å²) in [6, 6.07) is 0. The van der Waals surface area contributed by atoms with E-state index < -0.39 is 0 Å². The molecule has 80 valence electrons. The average molecular weight is 197 g/mol. The van der Waals surface area contributed by atoms with E-state index in [1.807, 2.05) is 0 Å². The Kier molecular flexibility index (Phi) is 2.48. The lowest BCUT2D eigenvalue weighted by atomic mass is 9.97. The van der Waals surface area contributed by atoms with Gasteiger partial charge in [-0.15, -0.1) is 0 Å². The summed E-state index contributed by atoms with van der Waals surface area (Å²) in [5, 5.41) is 3.39. The Balaban J connectivity index is 1.52. The quantitative estimate of drug-likeness (QED) is 0.718. The van der Waals surface area contributed by atoms with Gasteiger partial charge in [-0.05, 0) is 32.2 Å². The molecule has 0 aliphatic carbocycles. The second-order valence-corrected chi connectivity index (χ2v) is 4.75. The second-order valence-electron chi connectivity index (χ2n) is 4.75. The van der Waals surface area contributed by atoms with Crippen LogP contribution < -0.4 is 5.32 Å². The van der Waals surface area contributed by atoms with Gasteiger partial charge in [-0.25, -0.2) is 0 Å². The fourth-order valence-corrected chi connectivity index (χ4v) is 2.92. The van der Waals surface area contributed by atoms with Gasteiger partial charge in [0.15, 0.2) is 0 Å². The van der Waals surface area contributed by atoms with Crippen molar-refractivity contribution in [2.45, 2.75) is 56.5 Å². The maximum Gasteiger partial charge on any atom is 0.0865 e. The molecule has 1 N–H and O–H groups in total. The number of hydrogen-bond donors (Lipinski definition) is 1. The molecule has 0 aromatic carbocycles. The van der Waals surface area contributed by atoms with Gasteiger partial charge in [-0.1, -0.05) is 0 Å². The molecule has 3 nitrogen and oxygen atoms in total. The molecule has 3 fully saturated rings. The highest BCUT2D eigenvalue weighted by atomic mass is 16.6. The molecule has 0 spiro atoms. The van der Waals surface area contributed by atoms with Crippen LogP contribution in [0.15, 0.2) is 0 Å². The minimum absolute atomic E-state index is 0.402. The Hall–Kier alpha value is -0.120. The number of hydrogen-bond acceptors (Lipinski definition) is 3. The zero-order valence-electron chi connectivity index (χ0n) is 8.58. The van der Waals surface area contributed by atoms with Crippen LogP contribution >= 0.6 is 0 Å². The third kappa shape index (κ3) is 1.69. The molecule has 0 saturated carbocycles. The monoisotopic (exact) mass is 197 g/mol. The van der Waals surface area contributed by atoms with Gasteiger partial charge in [0, 0.05) is 13.0 Å². The number of ether oxygens (including phenoxy) is 2. The highest BCUT2D eigenvalue weighted by Crippen LogP contribution is 2.36. The van der Waals surface area contributed by atoms with Crippen LogP contribution in [0, 0.1) is 0 Å². The van der Waals surface area contributed by atoms with E-state index in [0.717, 1.165) is 19.5 Å². The first-order chi connectivity index (χ1) is 6.92. The van der Waals surface area contributed by atoms with Gasteiger partial charge in [-0.3, -0.25) is 0 Å². The third-order valence-electron chi connectivity index (χ3n) is 3.67. The molecule has 3 heterocycles. The fraction of sp³-hybridized carbons (Fsp3) is 1.00. The normalized spacial score (nSPS) is 47.1. The van der Waals surface area contributed by atoms with Crippen molar-refractivity contribution in [1.82, 2.24) is 5.32 Å². The number of fused-ring (bicyclic) bond motifs is 2. The molecule has 4 atom stereocenters. The lowest BCUT2D eigenvalue weighted by Gasteiger charge is -2.28. The minimum atomic E-state index is 0.402. The summed E-state index contributed by atoms with van der Waals surface area (Å²) in [6.45, 7) is 2.20. The van der Waals surface area contributed by atoms with E-state index in [2.05, 4.69) is 5.32 Å². The van der Waals surface area contributed by atoms with Crippen molar-refractivity contribution in [1.29, 1.82) is 0 Å². The van der Waals surface area contributed by atoms with Crippen LogP contribution in [-0.2, 0) is 9.47 Å². The molecule has 3 aliphatic heterocycles. The van der Waals surface area contributed by atoms with Gasteiger partial charge in [-0.2, -0.15) is 0 Å². The Bertz CT molecular complexity index is 203. The summed E-state index contributed by atoms with van der Waals surface area (Å²) < 4.78 is 11.9. The van der Waals surface area contributed by atoms with Crippen molar-refractivity contribution >= 4 is 0 Å². The number of piperidine rings is 1. The lowest BCUT2D eigenvalue weighted by Crippen LogP contribution is -2.40. The lowest BCUT2D eigenvalue weighted by molar-refractivity contribution is -0.0535. The van der Waals surface area contributed by atoms with Crippen LogP contribution in [0.4, 0.5) is 0 Å². The molecule has 3 rings (SSSR count). The molecular weight excluding hydrogens is 178 g/mol. The van der Waals surface area contributed by atoms with Crippen molar-refractivity contribution in [2.24, 2.45) is 0 Å². The molecule has 3 aliphatic rings. The van der Waals surface area contributed by atoms with Crippen LogP contribution in [0.1, 0.15) is 32.1 Å². The second kappa shape index (κ2) is 3.80. The molecule has 3 heteroatoms. The maximum atomic E-state index is 6.10. The van der Waals surface area contributed by atoms with Gasteiger partial charge >= 0.3 is 0 Å². The fourth-order valence-electron chi connectivity index (χ4n) is 2.92. The van der Waals surface area contributed by atoms with E-state index in [4.69, 9.17) is 9.47 Å². The van der Waals surface area contributed by atoms with E-state index in [1.165, 1.54) is 25.7 Å². The van der Waals surface area contributed by atoms with Crippen molar-refractivity contribution in [3.8, 4) is 0 Å².